The standard InChI is InChI=1S/C17H22N6O3S/c1-3-26-9-14-20-21-17(27-14)23-7-11(6-15(23)24)16(25)22-5-4-13-12(8-22)10(2)18-19-13/h11H,3-9H2,1-2H3,(H,18,19). The predicted molar refractivity (Wildman–Crippen MR) is 98.1 cm³/mol. The molecule has 4 heterocycles. The molecule has 0 saturated carbocycles. The van der Waals surface area contributed by atoms with Crippen LogP contribution in [0.4, 0.5) is 5.13 Å². The Kier molecular flexibility index (Phi) is 4.92. The van der Waals surface area contributed by atoms with Crippen molar-refractivity contribution in [2.45, 2.75) is 39.8 Å². The van der Waals surface area contributed by atoms with Gasteiger partial charge in [-0.3, -0.25) is 19.6 Å². The molecule has 27 heavy (non-hydrogen) atoms. The Balaban J connectivity index is 1.42. The van der Waals surface area contributed by atoms with Gasteiger partial charge in [0.1, 0.15) is 11.6 Å². The van der Waals surface area contributed by atoms with Gasteiger partial charge in [-0.2, -0.15) is 5.10 Å². The predicted octanol–water partition coefficient (Wildman–Crippen LogP) is 1.04. The Morgan fingerprint density at radius 3 is 3.07 bits per heavy atom. The van der Waals surface area contributed by atoms with Crippen LogP contribution < -0.4 is 4.90 Å². The third-order valence-corrected chi connectivity index (χ3v) is 5.95. The monoisotopic (exact) mass is 390 g/mol. The molecule has 0 spiro atoms. The Morgan fingerprint density at radius 2 is 2.26 bits per heavy atom. The van der Waals surface area contributed by atoms with E-state index in [-0.39, 0.29) is 24.2 Å². The summed E-state index contributed by atoms with van der Waals surface area (Å²) >= 11 is 1.34. The molecule has 10 heteroatoms. The first-order chi connectivity index (χ1) is 13.1. The summed E-state index contributed by atoms with van der Waals surface area (Å²) in [5, 5.41) is 16.7. The van der Waals surface area contributed by atoms with E-state index in [4.69, 9.17) is 4.74 Å². The highest BCUT2D eigenvalue weighted by atomic mass is 32.1. The van der Waals surface area contributed by atoms with Crippen LogP contribution in [0.15, 0.2) is 0 Å². The number of aryl methyl sites for hydroxylation is 1. The molecule has 1 unspecified atom stereocenters. The molecular formula is C17H22N6O3S. The van der Waals surface area contributed by atoms with Crippen LogP contribution in [0.2, 0.25) is 0 Å². The molecule has 2 aliphatic rings. The molecule has 1 atom stereocenters. The number of hydrogen-bond donors (Lipinski definition) is 1. The number of H-pyrrole nitrogens is 1. The van der Waals surface area contributed by atoms with Crippen molar-refractivity contribution in [1.82, 2.24) is 25.3 Å². The lowest BCUT2D eigenvalue weighted by Gasteiger charge is -2.29. The number of fused-ring (bicyclic) bond motifs is 1. The second-order valence-electron chi connectivity index (χ2n) is 6.80. The maximum Gasteiger partial charge on any atom is 0.229 e. The van der Waals surface area contributed by atoms with Gasteiger partial charge in [0.15, 0.2) is 0 Å². The minimum Gasteiger partial charge on any atom is -0.374 e. The van der Waals surface area contributed by atoms with Crippen LogP contribution in [0.5, 0.6) is 0 Å². The molecule has 2 amide bonds. The van der Waals surface area contributed by atoms with Gasteiger partial charge in [-0.1, -0.05) is 11.3 Å². The van der Waals surface area contributed by atoms with Crippen molar-refractivity contribution in [2.75, 3.05) is 24.6 Å². The maximum absolute atomic E-state index is 13.0. The quantitative estimate of drug-likeness (QED) is 0.818. The Bertz CT molecular complexity index is 863. The lowest BCUT2D eigenvalue weighted by molar-refractivity contribution is -0.136. The number of nitrogens with one attached hydrogen (secondary N) is 1. The number of nitrogens with zero attached hydrogens (tertiary/aromatic N) is 5. The fourth-order valence-electron chi connectivity index (χ4n) is 3.54. The summed E-state index contributed by atoms with van der Waals surface area (Å²) in [6.45, 7) is 6.42. The third-order valence-electron chi connectivity index (χ3n) is 5.03. The summed E-state index contributed by atoms with van der Waals surface area (Å²) < 4.78 is 5.33. The number of carbonyl (C=O) groups is 2. The molecule has 0 radical (unpaired) electrons. The van der Waals surface area contributed by atoms with Crippen molar-refractivity contribution in [3.8, 4) is 0 Å². The first kappa shape index (κ1) is 18.1. The average molecular weight is 390 g/mol. The first-order valence-electron chi connectivity index (χ1n) is 9.08. The van der Waals surface area contributed by atoms with Crippen molar-refractivity contribution in [3.05, 3.63) is 22.0 Å². The van der Waals surface area contributed by atoms with Gasteiger partial charge in [0.05, 0.1) is 11.6 Å². The summed E-state index contributed by atoms with van der Waals surface area (Å²) in [6, 6.07) is 0. The maximum atomic E-state index is 13.0. The van der Waals surface area contributed by atoms with Gasteiger partial charge >= 0.3 is 0 Å². The van der Waals surface area contributed by atoms with Crippen molar-refractivity contribution >= 4 is 28.3 Å². The highest BCUT2D eigenvalue weighted by molar-refractivity contribution is 7.15. The van der Waals surface area contributed by atoms with E-state index in [0.717, 1.165) is 28.4 Å². The number of aromatic nitrogens is 4. The molecule has 144 valence electrons. The van der Waals surface area contributed by atoms with Gasteiger partial charge in [0.2, 0.25) is 16.9 Å². The van der Waals surface area contributed by atoms with Crippen molar-refractivity contribution in [3.63, 3.8) is 0 Å². The van der Waals surface area contributed by atoms with Gasteiger partial charge in [0.25, 0.3) is 0 Å². The second-order valence-corrected chi connectivity index (χ2v) is 7.85. The molecule has 0 bridgehead atoms. The zero-order valence-electron chi connectivity index (χ0n) is 15.4. The van der Waals surface area contributed by atoms with Crippen LogP contribution in [0.1, 0.15) is 35.3 Å². The van der Waals surface area contributed by atoms with Gasteiger partial charge in [-0.25, -0.2) is 0 Å². The summed E-state index contributed by atoms with van der Waals surface area (Å²) in [4.78, 5) is 28.8. The number of hydrogen-bond acceptors (Lipinski definition) is 7. The molecular weight excluding hydrogens is 368 g/mol. The lowest BCUT2D eigenvalue weighted by Crippen LogP contribution is -2.40. The van der Waals surface area contributed by atoms with Gasteiger partial charge in [-0.15, -0.1) is 10.2 Å². The van der Waals surface area contributed by atoms with Crippen LogP contribution in [0, 0.1) is 12.8 Å². The van der Waals surface area contributed by atoms with E-state index >= 15 is 0 Å². The molecule has 1 saturated heterocycles. The van der Waals surface area contributed by atoms with E-state index < -0.39 is 0 Å². The van der Waals surface area contributed by atoms with E-state index in [1.54, 1.807) is 4.90 Å². The zero-order valence-corrected chi connectivity index (χ0v) is 16.2. The Labute approximate surface area is 160 Å². The minimum absolute atomic E-state index is 0.0242. The van der Waals surface area contributed by atoms with E-state index in [2.05, 4.69) is 20.4 Å². The lowest BCUT2D eigenvalue weighted by atomic mass is 10.0. The SMILES string of the molecule is CCOCc1nnc(N2CC(C(=O)N3CCc4n[nH]c(C)c4C3)CC2=O)s1. The fraction of sp³-hybridized carbons (Fsp3) is 0.588. The van der Waals surface area contributed by atoms with Crippen LogP contribution >= 0.6 is 11.3 Å². The average Bonchev–Trinajstić information content (AvgIpc) is 3.38. The minimum atomic E-state index is -0.342. The molecule has 2 aliphatic heterocycles. The van der Waals surface area contributed by atoms with Crippen LogP contribution in [0.3, 0.4) is 0 Å². The van der Waals surface area contributed by atoms with E-state index in [1.807, 2.05) is 18.7 Å². The number of anilines is 1. The molecule has 1 N–H and O–H groups in total. The smallest absolute Gasteiger partial charge is 0.229 e. The second kappa shape index (κ2) is 7.35. The molecule has 0 aliphatic carbocycles. The molecule has 2 aromatic rings. The van der Waals surface area contributed by atoms with Gasteiger partial charge in [-0.05, 0) is 13.8 Å². The molecule has 9 nitrogen and oxygen atoms in total. The normalized spacial score (nSPS) is 19.6. The third kappa shape index (κ3) is 3.46. The molecule has 4 rings (SSSR count). The van der Waals surface area contributed by atoms with Crippen molar-refractivity contribution in [2.24, 2.45) is 5.92 Å². The number of carbonyl (C=O) groups excluding carboxylic acids is 2. The first-order valence-corrected chi connectivity index (χ1v) is 9.90. The zero-order chi connectivity index (χ0) is 19.0. The van der Waals surface area contributed by atoms with E-state index in [0.29, 0.717) is 38.0 Å². The van der Waals surface area contributed by atoms with Crippen molar-refractivity contribution in [1.29, 1.82) is 0 Å². The molecule has 2 aromatic heterocycles. The van der Waals surface area contributed by atoms with Gasteiger partial charge in [0, 0.05) is 50.3 Å². The van der Waals surface area contributed by atoms with Crippen LogP contribution in [-0.4, -0.2) is 56.8 Å². The number of amides is 2. The van der Waals surface area contributed by atoms with Crippen molar-refractivity contribution < 1.29 is 14.3 Å². The van der Waals surface area contributed by atoms with Crippen LogP contribution in [0.25, 0.3) is 0 Å². The summed E-state index contributed by atoms with van der Waals surface area (Å²) in [5.41, 5.74) is 3.14. The van der Waals surface area contributed by atoms with E-state index in [1.165, 1.54) is 11.3 Å². The summed E-state index contributed by atoms with van der Waals surface area (Å²) in [6.07, 6.45) is 0.958. The number of aromatic amines is 1. The molecule has 0 aromatic carbocycles. The highest BCUT2D eigenvalue weighted by Crippen LogP contribution is 2.30. The molecule has 1 fully saturated rings. The van der Waals surface area contributed by atoms with E-state index in [9.17, 15) is 9.59 Å². The highest BCUT2D eigenvalue weighted by Gasteiger charge is 2.39. The summed E-state index contributed by atoms with van der Waals surface area (Å²) in [5.74, 6) is -0.397. The summed E-state index contributed by atoms with van der Waals surface area (Å²) in [7, 11) is 0. The Hall–Kier alpha value is -2.33. The largest absolute Gasteiger partial charge is 0.374 e. The Morgan fingerprint density at radius 1 is 1.41 bits per heavy atom. The fourth-order valence-corrected chi connectivity index (χ4v) is 4.34. The number of ether oxygens (including phenoxy) is 1. The topological polar surface area (TPSA) is 104 Å². The van der Waals surface area contributed by atoms with Crippen LogP contribution in [-0.2, 0) is 33.9 Å². The van der Waals surface area contributed by atoms with Gasteiger partial charge < -0.3 is 9.64 Å². The number of rotatable bonds is 5.